The van der Waals surface area contributed by atoms with Crippen LogP contribution >= 0.6 is 15.9 Å². The zero-order valence-electron chi connectivity index (χ0n) is 19.4. The number of carbonyl (C=O) groups excluding carboxylic acids is 2. The number of amides is 2. The van der Waals surface area contributed by atoms with Gasteiger partial charge in [0.25, 0.3) is 11.8 Å². The van der Waals surface area contributed by atoms with Crippen LogP contribution in [0.1, 0.15) is 37.7 Å². The average Bonchev–Trinajstić information content (AvgIpc) is 2.82. The normalized spacial score (nSPS) is 14.5. The van der Waals surface area contributed by atoms with Gasteiger partial charge in [-0.3, -0.25) is 13.9 Å². The summed E-state index contributed by atoms with van der Waals surface area (Å²) in [4.78, 5) is 24.4. The molecule has 0 heterocycles. The summed E-state index contributed by atoms with van der Waals surface area (Å²) in [6.07, 6.45) is 8.04. The second-order valence-corrected chi connectivity index (χ2v) is 11.1. The van der Waals surface area contributed by atoms with Gasteiger partial charge in [-0.2, -0.15) is 5.10 Å². The Labute approximate surface area is 214 Å². The van der Waals surface area contributed by atoms with Crippen LogP contribution in [0.5, 0.6) is 5.75 Å². The van der Waals surface area contributed by atoms with Crippen molar-refractivity contribution in [2.24, 2.45) is 5.10 Å². The van der Waals surface area contributed by atoms with Crippen molar-refractivity contribution in [1.82, 2.24) is 10.7 Å². The molecule has 9 nitrogen and oxygen atoms in total. The van der Waals surface area contributed by atoms with Gasteiger partial charge >= 0.3 is 0 Å². The Morgan fingerprint density at radius 2 is 1.83 bits per heavy atom. The van der Waals surface area contributed by atoms with Crippen LogP contribution in [0.3, 0.4) is 0 Å². The largest absolute Gasteiger partial charge is 0.484 e. The number of ether oxygens (including phenoxy) is 1. The fourth-order valence-corrected chi connectivity index (χ4v) is 4.93. The molecule has 1 aliphatic carbocycles. The molecule has 3 rings (SSSR count). The number of sulfonamides is 1. The van der Waals surface area contributed by atoms with Crippen LogP contribution in [0.2, 0.25) is 0 Å². The molecule has 0 atom stereocenters. The Bertz CT molecular complexity index is 1150. The number of nitrogens with zero attached hydrogens (tertiary/aromatic N) is 2. The molecule has 0 aromatic heterocycles. The average molecular weight is 565 g/mol. The number of hydrogen-bond donors (Lipinski definition) is 2. The predicted octanol–water partition coefficient (Wildman–Crippen LogP) is 3.19. The van der Waals surface area contributed by atoms with E-state index < -0.39 is 22.5 Å². The van der Waals surface area contributed by atoms with Crippen molar-refractivity contribution < 1.29 is 22.7 Å². The van der Waals surface area contributed by atoms with E-state index in [1.807, 2.05) is 0 Å². The van der Waals surface area contributed by atoms with E-state index in [1.165, 1.54) is 12.6 Å². The zero-order valence-corrected chi connectivity index (χ0v) is 21.8. The minimum absolute atomic E-state index is 0.0468. The molecule has 2 aromatic carbocycles. The van der Waals surface area contributed by atoms with E-state index in [9.17, 15) is 18.0 Å². The number of hydrazone groups is 1. The first-order chi connectivity index (χ1) is 16.7. The Kier molecular flexibility index (Phi) is 9.67. The monoisotopic (exact) mass is 564 g/mol. The third kappa shape index (κ3) is 8.99. The lowest BCUT2D eigenvalue weighted by Crippen LogP contribution is -2.39. The number of halogens is 1. The Morgan fingerprint density at radius 1 is 1.11 bits per heavy atom. The van der Waals surface area contributed by atoms with Gasteiger partial charge in [-0.1, -0.05) is 41.3 Å². The molecule has 1 fully saturated rings. The Balaban J connectivity index is 1.47. The highest BCUT2D eigenvalue weighted by Gasteiger charge is 2.21. The second kappa shape index (κ2) is 12.7. The van der Waals surface area contributed by atoms with Gasteiger partial charge in [-0.15, -0.1) is 0 Å². The molecule has 0 spiro atoms. The number of carbonyl (C=O) groups is 2. The minimum atomic E-state index is -3.67. The summed E-state index contributed by atoms with van der Waals surface area (Å²) in [5, 5.41) is 6.90. The van der Waals surface area contributed by atoms with Crippen LogP contribution in [0.4, 0.5) is 5.69 Å². The molecule has 0 saturated heterocycles. The first-order valence-corrected chi connectivity index (χ1v) is 13.9. The van der Waals surface area contributed by atoms with E-state index in [4.69, 9.17) is 4.74 Å². The van der Waals surface area contributed by atoms with Crippen molar-refractivity contribution >= 4 is 49.7 Å². The summed E-state index contributed by atoms with van der Waals surface area (Å²) in [7, 11) is -3.67. The summed E-state index contributed by atoms with van der Waals surface area (Å²) in [6, 6.07) is 13.8. The first-order valence-electron chi connectivity index (χ1n) is 11.3. The van der Waals surface area contributed by atoms with Crippen molar-refractivity contribution in [3.05, 3.63) is 58.6 Å². The fraction of sp³-hybridized carbons (Fsp3) is 0.375. The standard InChI is InChI=1S/C24H29BrN4O5S/c1-35(32,33)29(21-9-5-6-19(25)14-21)16-23(30)28-26-15-18-10-12-22(13-11-18)34-17-24(31)27-20-7-3-2-4-8-20/h5-6,9-15,20H,2-4,7-8,16-17H2,1H3,(H,27,31)(H,28,30)/b26-15-. The molecule has 35 heavy (non-hydrogen) atoms. The number of hydrogen-bond acceptors (Lipinski definition) is 6. The van der Waals surface area contributed by atoms with E-state index in [0.717, 1.165) is 36.2 Å². The van der Waals surface area contributed by atoms with E-state index in [-0.39, 0.29) is 18.6 Å². The zero-order chi connectivity index (χ0) is 25.3. The minimum Gasteiger partial charge on any atom is -0.484 e. The van der Waals surface area contributed by atoms with Gasteiger partial charge in [0.15, 0.2) is 6.61 Å². The van der Waals surface area contributed by atoms with E-state index in [1.54, 1.807) is 48.5 Å². The van der Waals surface area contributed by atoms with Crippen LogP contribution in [0.25, 0.3) is 0 Å². The van der Waals surface area contributed by atoms with Crippen LogP contribution < -0.4 is 19.8 Å². The highest BCUT2D eigenvalue weighted by molar-refractivity contribution is 9.10. The molecule has 2 amide bonds. The van der Waals surface area contributed by atoms with Gasteiger partial charge in [0, 0.05) is 10.5 Å². The molecule has 11 heteroatoms. The molecule has 0 bridgehead atoms. The molecule has 0 radical (unpaired) electrons. The molecule has 1 aliphatic rings. The maximum Gasteiger partial charge on any atom is 0.260 e. The van der Waals surface area contributed by atoms with Crippen LogP contribution in [-0.4, -0.2) is 51.9 Å². The number of rotatable bonds is 10. The molecule has 0 aliphatic heterocycles. The van der Waals surface area contributed by atoms with Gasteiger partial charge in [0.1, 0.15) is 12.3 Å². The van der Waals surface area contributed by atoms with Crippen molar-refractivity contribution in [3.63, 3.8) is 0 Å². The van der Waals surface area contributed by atoms with E-state index >= 15 is 0 Å². The lowest BCUT2D eigenvalue weighted by atomic mass is 9.95. The molecule has 188 valence electrons. The third-order valence-corrected chi connectivity index (χ3v) is 7.04. The highest BCUT2D eigenvalue weighted by Crippen LogP contribution is 2.22. The van der Waals surface area contributed by atoms with Crippen LogP contribution in [0.15, 0.2) is 58.1 Å². The lowest BCUT2D eigenvalue weighted by Gasteiger charge is -2.22. The predicted molar refractivity (Wildman–Crippen MR) is 139 cm³/mol. The summed E-state index contributed by atoms with van der Waals surface area (Å²) >= 11 is 3.30. The summed E-state index contributed by atoms with van der Waals surface area (Å²) < 4.78 is 31.5. The van der Waals surface area contributed by atoms with E-state index in [0.29, 0.717) is 21.5 Å². The highest BCUT2D eigenvalue weighted by atomic mass is 79.9. The summed E-state index contributed by atoms with van der Waals surface area (Å²) in [6.45, 7) is -0.461. The summed E-state index contributed by atoms with van der Waals surface area (Å²) in [5.74, 6) is -0.172. The second-order valence-electron chi connectivity index (χ2n) is 8.30. The van der Waals surface area contributed by atoms with Crippen molar-refractivity contribution in [3.8, 4) is 5.75 Å². The SMILES string of the molecule is CS(=O)(=O)N(CC(=O)N/N=C\c1ccc(OCC(=O)NC2CCCCC2)cc1)c1cccc(Br)c1. The Hall–Kier alpha value is -2.92. The van der Waals surface area contributed by atoms with Gasteiger partial charge in [-0.25, -0.2) is 13.8 Å². The van der Waals surface area contributed by atoms with Crippen molar-refractivity contribution in [2.45, 2.75) is 38.1 Å². The molecule has 1 saturated carbocycles. The molecule has 2 aromatic rings. The molecular formula is C24H29BrN4O5S. The quantitative estimate of drug-likeness (QED) is 0.339. The fourth-order valence-electron chi connectivity index (χ4n) is 3.69. The Morgan fingerprint density at radius 3 is 2.49 bits per heavy atom. The molecule has 0 unspecified atom stereocenters. The number of benzene rings is 2. The number of nitrogens with one attached hydrogen (secondary N) is 2. The smallest absolute Gasteiger partial charge is 0.260 e. The third-order valence-electron chi connectivity index (χ3n) is 5.41. The van der Waals surface area contributed by atoms with Crippen molar-refractivity contribution in [1.29, 1.82) is 0 Å². The van der Waals surface area contributed by atoms with Gasteiger partial charge in [0.2, 0.25) is 10.0 Å². The maximum absolute atomic E-state index is 12.3. The van der Waals surface area contributed by atoms with E-state index in [2.05, 4.69) is 31.8 Å². The van der Waals surface area contributed by atoms with Gasteiger partial charge < -0.3 is 10.1 Å². The summed E-state index contributed by atoms with van der Waals surface area (Å²) in [5.41, 5.74) is 3.40. The van der Waals surface area contributed by atoms with Gasteiger partial charge in [0.05, 0.1) is 18.2 Å². The maximum atomic E-state index is 12.3. The topological polar surface area (TPSA) is 117 Å². The number of anilines is 1. The van der Waals surface area contributed by atoms with Crippen LogP contribution in [0, 0.1) is 0 Å². The molecule has 2 N–H and O–H groups in total. The first kappa shape index (κ1) is 26.7. The van der Waals surface area contributed by atoms with Crippen molar-refractivity contribution in [2.75, 3.05) is 23.7 Å². The van der Waals surface area contributed by atoms with Crippen LogP contribution in [-0.2, 0) is 19.6 Å². The molecular weight excluding hydrogens is 536 g/mol. The van der Waals surface area contributed by atoms with Gasteiger partial charge in [-0.05, 0) is 60.9 Å². The lowest BCUT2D eigenvalue weighted by molar-refractivity contribution is -0.124.